The number of ether oxygens (including phenoxy) is 3. The van der Waals surface area contributed by atoms with Gasteiger partial charge in [-0.1, -0.05) is 25.4 Å². The maximum absolute atomic E-state index is 6.40. The fourth-order valence-electron chi connectivity index (χ4n) is 4.10. The lowest BCUT2D eigenvalue weighted by molar-refractivity contribution is -0.243. The zero-order valence-electron chi connectivity index (χ0n) is 17.6. The molecule has 2 heterocycles. The van der Waals surface area contributed by atoms with Crippen LogP contribution in [-0.2, 0) is 9.47 Å². The van der Waals surface area contributed by atoms with E-state index in [4.69, 9.17) is 25.8 Å². The molecule has 2 atom stereocenters. The third-order valence-corrected chi connectivity index (χ3v) is 6.40. The van der Waals surface area contributed by atoms with Gasteiger partial charge in [0.15, 0.2) is 5.60 Å². The van der Waals surface area contributed by atoms with Crippen LogP contribution in [0.4, 0.5) is 0 Å². The van der Waals surface area contributed by atoms with Gasteiger partial charge in [0.2, 0.25) is 5.79 Å². The maximum Gasteiger partial charge on any atom is 0.205 e. The zero-order valence-corrected chi connectivity index (χ0v) is 18.4. The van der Waals surface area contributed by atoms with Gasteiger partial charge in [0.1, 0.15) is 5.75 Å². The minimum atomic E-state index is -0.795. The van der Waals surface area contributed by atoms with Gasteiger partial charge in [0.25, 0.3) is 0 Å². The largest absolute Gasteiger partial charge is 0.482 e. The van der Waals surface area contributed by atoms with Gasteiger partial charge in [-0.05, 0) is 76.3 Å². The van der Waals surface area contributed by atoms with Crippen LogP contribution in [0.25, 0.3) is 0 Å². The molecule has 27 heavy (non-hydrogen) atoms. The molecule has 2 saturated heterocycles. The highest BCUT2D eigenvalue weighted by Gasteiger charge is 2.51. The summed E-state index contributed by atoms with van der Waals surface area (Å²) in [6.45, 7) is 16.5. The second-order valence-electron chi connectivity index (χ2n) is 9.52. The van der Waals surface area contributed by atoms with E-state index in [1.54, 1.807) is 0 Å². The predicted octanol–water partition coefficient (Wildman–Crippen LogP) is 5.06. The van der Waals surface area contributed by atoms with Crippen molar-refractivity contribution in [1.82, 2.24) is 4.90 Å². The Morgan fingerprint density at radius 1 is 1.30 bits per heavy atom. The molecule has 152 valence electrons. The molecule has 2 aliphatic heterocycles. The maximum atomic E-state index is 6.40. The van der Waals surface area contributed by atoms with Crippen LogP contribution in [0.5, 0.6) is 5.75 Å². The van der Waals surface area contributed by atoms with Gasteiger partial charge in [-0.25, -0.2) is 0 Å². The SMILES string of the molecule is Cc1cc(OC(C)(C)C2(C)OCC(CN3CCCC(C)(C)C3)O2)ccc1Cl. The van der Waals surface area contributed by atoms with Crippen molar-refractivity contribution < 1.29 is 14.2 Å². The van der Waals surface area contributed by atoms with E-state index in [1.807, 2.05) is 45.9 Å². The second-order valence-corrected chi connectivity index (χ2v) is 9.93. The van der Waals surface area contributed by atoms with Gasteiger partial charge in [0, 0.05) is 18.1 Å². The van der Waals surface area contributed by atoms with Crippen molar-refractivity contribution in [2.24, 2.45) is 5.41 Å². The number of halogens is 1. The van der Waals surface area contributed by atoms with Gasteiger partial charge in [0.05, 0.1) is 12.7 Å². The van der Waals surface area contributed by atoms with Crippen molar-refractivity contribution in [3.8, 4) is 5.75 Å². The Morgan fingerprint density at radius 2 is 2.04 bits per heavy atom. The molecule has 0 saturated carbocycles. The van der Waals surface area contributed by atoms with Gasteiger partial charge in [-0.15, -0.1) is 0 Å². The minimum absolute atomic E-state index is 0.0683. The van der Waals surface area contributed by atoms with E-state index in [0.717, 1.165) is 36.0 Å². The van der Waals surface area contributed by atoms with E-state index < -0.39 is 11.4 Å². The van der Waals surface area contributed by atoms with Crippen molar-refractivity contribution in [3.63, 3.8) is 0 Å². The number of nitrogens with zero attached hydrogens (tertiary/aromatic N) is 1. The summed E-state index contributed by atoms with van der Waals surface area (Å²) < 4.78 is 18.8. The van der Waals surface area contributed by atoms with Crippen LogP contribution in [0.15, 0.2) is 18.2 Å². The van der Waals surface area contributed by atoms with Gasteiger partial charge in [-0.2, -0.15) is 0 Å². The first kappa shape index (κ1) is 20.9. The Labute approximate surface area is 169 Å². The lowest BCUT2D eigenvalue weighted by Gasteiger charge is -2.41. The van der Waals surface area contributed by atoms with Crippen molar-refractivity contribution in [1.29, 1.82) is 0 Å². The average Bonchev–Trinajstić information content (AvgIpc) is 2.92. The summed E-state index contributed by atoms with van der Waals surface area (Å²) in [6.07, 6.45) is 2.62. The first-order chi connectivity index (χ1) is 12.5. The van der Waals surface area contributed by atoms with E-state index in [2.05, 4.69) is 18.7 Å². The van der Waals surface area contributed by atoms with Crippen LogP contribution in [0.1, 0.15) is 53.0 Å². The quantitative estimate of drug-likeness (QED) is 0.697. The summed E-state index contributed by atoms with van der Waals surface area (Å²) in [5.74, 6) is -0.0205. The molecule has 0 N–H and O–H groups in total. The summed E-state index contributed by atoms with van der Waals surface area (Å²) in [5, 5.41) is 0.740. The predicted molar refractivity (Wildman–Crippen MR) is 110 cm³/mol. The van der Waals surface area contributed by atoms with E-state index >= 15 is 0 Å². The molecule has 5 heteroatoms. The topological polar surface area (TPSA) is 30.9 Å². The van der Waals surface area contributed by atoms with Crippen LogP contribution < -0.4 is 4.74 Å². The first-order valence-corrected chi connectivity index (χ1v) is 10.4. The summed E-state index contributed by atoms with van der Waals surface area (Å²) >= 11 is 6.13. The van der Waals surface area contributed by atoms with Gasteiger partial charge < -0.3 is 19.1 Å². The highest BCUT2D eigenvalue weighted by molar-refractivity contribution is 6.31. The van der Waals surface area contributed by atoms with E-state index in [1.165, 1.54) is 12.8 Å². The first-order valence-electron chi connectivity index (χ1n) is 9.99. The van der Waals surface area contributed by atoms with Crippen molar-refractivity contribution in [2.45, 2.75) is 71.9 Å². The van der Waals surface area contributed by atoms with E-state index in [0.29, 0.717) is 12.0 Å². The third kappa shape index (κ3) is 4.79. The number of piperidine rings is 1. The van der Waals surface area contributed by atoms with E-state index in [9.17, 15) is 0 Å². The molecule has 3 rings (SSSR count). The Balaban J connectivity index is 1.63. The highest BCUT2D eigenvalue weighted by Crippen LogP contribution is 2.38. The number of hydrogen-bond donors (Lipinski definition) is 0. The summed E-state index contributed by atoms with van der Waals surface area (Å²) in [4.78, 5) is 2.51. The number of benzene rings is 1. The smallest absolute Gasteiger partial charge is 0.205 e. The molecule has 0 radical (unpaired) electrons. The summed E-state index contributed by atoms with van der Waals surface area (Å²) in [5.41, 5.74) is 0.743. The number of rotatable bonds is 5. The van der Waals surface area contributed by atoms with Crippen LogP contribution >= 0.6 is 11.6 Å². The van der Waals surface area contributed by atoms with Crippen LogP contribution in [0.3, 0.4) is 0 Å². The molecule has 2 unspecified atom stereocenters. The average molecular weight is 396 g/mol. The van der Waals surface area contributed by atoms with Gasteiger partial charge in [-0.3, -0.25) is 0 Å². The molecule has 0 aliphatic carbocycles. The Hall–Kier alpha value is -0.810. The molecular formula is C22H34ClNO3. The molecule has 0 amide bonds. The summed E-state index contributed by atoms with van der Waals surface area (Å²) in [6, 6.07) is 5.71. The summed E-state index contributed by atoms with van der Waals surface area (Å²) in [7, 11) is 0. The molecule has 4 nitrogen and oxygen atoms in total. The van der Waals surface area contributed by atoms with Gasteiger partial charge >= 0.3 is 0 Å². The Morgan fingerprint density at radius 3 is 2.70 bits per heavy atom. The lowest BCUT2D eigenvalue weighted by atomic mass is 9.84. The minimum Gasteiger partial charge on any atom is -0.482 e. The van der Waals surface area contributed by atoms with Crippen LogP contribution in [-0.4, -0.2) is 48.6 Å². The molecule has 0 aromatic heterocycles. The normalized spacial score (nSPS) is 29.1. The fourth-order valence-corrected chi connectivity index (χ4v) is 4.22. The highest BCUT2D eigenvalue weighted by atomic mass is 35.5. The third-order valence-electron chi connectivity index (χ3n) is 5.97. The number of likely N-dealkylation sites (tertiary alicyclic amines) is 1. The molecule has 0 bridgehead atoms. The van der Waals surface area contributed by atoms with Crippen molar-refractivity contribution in [3.05, 3.63) is 28.8 Å². The Bertz CT molecular complexity index is 676. The number of hydrogen-bond acceptors (Lipinski definition) is 4. The molecule has 0 spiro atoms. The van der Waals surface area contributed by atoms with Crippen LogP contribution in [0, 0.1) is 12.3 Å². The van der Waals surface area contributed by atoms with Crippen LogP contribution in [0.2, 0.25) is 5.02 Å². The second kappa shape index (κ2) is 7.55. The number of aryl methyl sites for hydroxylation is 1. The lowest BCUT2D eigenvalue weighted by Crippen LogP contribution is -2.53. The fraction of sp³-hybridized carbons (Fsp3) is 0.727. The zero-order chi connectivity index (χ0) is 19.9. The standard InChI is InChI=1S/C22H34ClNO3/c1-16-12-17(8-9-19(16)23)26-21(4,5)22(6)25-14-18(27-22)13-24-11-7-10-20(2,3)15-24/h8-9,12,18H,7,10-11,13-15H2,1-6H3. The van der Waals surface area contributed by atoms with E-state index in [-0.39, 0.29) is 6.10 Å². The molecular weight excluding hydrogens is 362 g/mol. The molecule has 2 fully saturated rings. The van der Waals surface area contributed by atoms with Crippen molar-refractivity contribution in [2.75, 3.05) is 26.2 Å². The molecule has 1 aromatic rings. The Kier molecular flexibility index (Phi) is 5.85. The van der Waals surface area contributed by atoms with Crippen molar-refractivity contribution >= 4 is 11.6 Å². The monoisotopic (exact) mass is 395 g/mol. The molecule has 2 aliphatic rings. The molecule has 1 aromatic carbocycles.